The van der Waals surface area contributed by atoms with Crippen molar-refractivity contribution in [1.29, 1.82) is 0 Å². The molecular formula is C11H10F2N2O4. The van der Waals surface area contributed by atoms with E-state index in [4.69, 9.17) is 0 Å². The van der Waals surface area contributed by atoms with Crippen LogP contribution in [-0.4, -0.2) is 40.0 Å². The molecule has 1 aromatic rings. The predicted octanol–water partition coefficient (Wildman–Crippen LogP) is 1.08. The van der Waals surface area contributed by atoms with Crippen LogP contribution in [0.25, 0.3) is 0 Å². The zero-order chi connectivity index (χ0) is 14.2. The van der Waals surface area contributed by atoms with Crippen molar-refractivity contribution in [3.63, 3.8) is 0 Å². The highest BCUT2D eigenvalue weighted by atomic mass is 19.1. The fourth-order valence-electron chi connectivity index (χ4n) is 1.96. The third-order valence-corrected chi connectivity index (χ3v) is 2.90. The normalized spacial score (nSPS) is 18.7. The number of halogens is 2. The molecule has 1 heterocycles. The van der Waals surface area contributed by atoms with E-state index >= 15 is 0 Å². The van der Waals surface area contributed by atoms with Crippen molar-refractivity contribution in [3.05, 3.63) is 39.4 Å². The number of nitro groups is 1. The molecule has 1 aliphatic heterocycles. The first kappa shape index (κ1) is 13.3. The maximum Gasteiger partial charge on any atom is 0.308 e. The lowest BCUT2D eigenvalue weighted by Gasteiger charge is -2.15. The van der Waals surface area contributed by atoms with Gasteiger partial charge in [0.2, 0.25) is 5.82 Å². The molecular weight excluding hydrogens is 262 g/mol. The summed E-state index contributed by atoms with van der Waals surface area (Å²) in [5, 5.41) is 19.8. The van der Waals surface area contributed by atoms with Crippen LogP contribution in [0.3, 0.4) is 0 Å². The minimum Gasteiger partial charge on any atom is -0.391 e. The van der Waals surface area contributed by atoms with Crippen molar-refractivity contribution < 1.29 is 23.6 Å². The van der Waals surface area contributed by atoms with Crippen molar-refractivity contribution in [2.45, 2.75) is 12.5 Å². The van der Waals surface area contributed by atoms with E-state index in [1.807, 2.05) is 0 Å². The summed E-state index contributed by atoms with van der Waals surface area (Å²) >= 11 is 0. The number of rotatable bonds is 2. The number of hydrogen-bond donors (Lipinski definition) is 1. The molecule has 6 nitrogen and oxygen atoms in total. The Morgan fingerprint density at radius 1 is 1.47 bits per heavy atom. The van der Waals surface area contributed by atoms with Crippen LogP contribution in [0.4, 0.5) is 14.5 Å². The summed E-state index contributed by atoms with van der Waals surface area (Å²) in [7, 11) is 0. The number of carbonyl (C=O) groups excluding carboxylic acids is 1. The van der Waals surface area contributed by atoms with E-state index < -0.39 is 39.8 Å². The van der Waals surface area contributed by atoms with Gasteiger partial charge in [-0.1, -0.05) is 0 Å². The first-order chi connectivity index (χ1) is 8.90. The number of β-amino-alcohol motifs (C(OH)–C–C–N with tert-alkyl or cyclic N) is 1. The Morgan fingerprint density at radius 2 is 2.16 bits per heavy atom. The Hall–Kier alpha value is -2.09. The van der Waals surface area contributed by atoms with Gasteiger partial charge in [-0.3, -0.25) is 14.9 Å². The quantitative estimate of drug-likeness (QED) is 0.645. The Labute approximate surface area is 106 Å². The number of amides is 1. The van der Waals surface area contributed by atoms with Crippen LogP contribution in [0.15, 0.2) is 12.1 Å². The van der Waals surface area contributed by atoms with Crippen LogP contribution in [0, 0.1) is 21.7 Å². The Balaban J connectivity index is 2.39. The second kappa shape index (κ2) is 4.88. The molecule has 1 N–H and O–H groups in total. The minimum atomic E-state index is -1.36. The van der Waals surface area contributed by atoms with Gasteiger partial charge in [0.05, 0.1) is 22.7 Å². The minimum absolute atomic E-state index is 0.00256. The summed E-state index contributed by atoms with van der Waals surface area (Å²) in [4.78, 5) is 22.5. The van der Waals surface area contributed by atoms with Crippen molar-refractivity contribution in [2.75, 3.05) is 13.1 Å². The van der Waals surface area contributed by atoms with Crippen LogP contribution >= 0.6 is 0 Å². The van der Waals surface area contributed by atoms with Crippen molar-refractivity contribution in [1.82, 2.24) is 4.90 Å². The van der Waals surface area contributed by atoms with E-state index in [-0.39, 0.29) is 13.1 Å². The van der Waals surface area contributed by atoms with Gasteiger partial charge in [-0.2, -0.15) is 4.39 Å². The molecule has 1 aliphatic rings. The van der Waals surface area contributed by atoms with Crippen LogP contribution in [0.1, 0.15) is 16.8 Å². The highest BCUT2D eigenvalue weighted by Crippen LogP contribution is 2.24. The van der Waals surface area contributed by atoms with Gasteiger partial charge in [0.1, 0.15) is 5.82 Å². The number of likely N-dealkylation sites (tertiary alicyclic amines) is 1. The Kier molecular flexibility index (Phi) is 3.43. The molecule has 1 amide bonds. The maximum absolute atomic E-state index is 13.8. The zero-order valence-corrected chi connectivity index (χ0v) is 9.68. The van der Waals surface area contributed by atoms with Crippen LogP contribution in [-0.2, 0) is 0 Å². The van der Waals surface area contributed by atoms with E-state index in [2.05, 4.69) is 0 Å². The number of aliphatic hydroxyl groups is 1. The molecule has 1 fully saturated rings. The average Bonchev–Trinajstić information content (AvgIpc) is 2.77. The summed E-state index contributed by atoms with van der Waals surface area (Å²) in [6.07, 6.45) is -0.374. The van der Waals surface area contributed by atoms with Crippen molar-refractivity contribution >= 4 is 11.6 Å². The smallest absolute Gasteiger partial charge is 0.308 e. The molecule has 0 spiro atoms. The van der Waals surface area contributed by atoms with E-state index in [0.717, 1.165) is 4.90 Å². The van der Waals surface area contributed by atoms with E-state index in [0.29, 0.717) is 18.6 Å². The molecule has 0 saturated carbocycles. The van der Waals surface area contributed by atoms with Crippen LogP contribution in [0.2, 0.25) is 0 Å². The molecule has 0 aliphatic carbocycles. The first-order valence-electron chi connectivity index (χ1n) is 5.51. The highest BCUT2D eigenvalue weighted by Gasteiger charge is 2.30. The maximum atomic E-state index is 13.8. The highest BCUT2D eigenvalue weighted by molar-refractivity contribution is 5.95. The standard InChI is InChI=1S/C11H10F2N2O4/c12-6-3-8(10(13)9(4-6)15(18)19)11(17)14-2-1-7(16)5-14/h3-4,7,16H,1-2,5H2/t7-/m0/s1. The van der Waals surface area contributed by atoms with Gasteiger partial charge >= 0.3 is 5.69 Å². The van der Waals surface area contributed by atoms with Crippen molar-refractivity contribution in [2.24, 2.45) is 0 Å². The predicted molar refractivity (Wildman–Crippen MR) is 59.5 cm³/mol. The molecule has 1 saturated heterocycles. The lowest BCUT2D eigenvalue weighted by molar-refractivity contribution is -0.387. The van der Waals surface area contributed by atoms with Crippen LogP contribution < -0.4 is 0 Å². The number of nitrogens with zero attached hydrogens (tertiary/aromatic N) is 2. The summed E-state index contributed by atoms with van der Waals surface area (Å²) in [5.41, 5.74) is -1.77. The van der Waals surface area contributed by atoms with E-state index in [1.54, 1.807) is 0 Å². The van der Waals surface area contributed by atoms with E-state index in [1.165, 1.54) is 0 Å². The van der Waals surface area contributed by atoms with Gasteiger partial charge in [-0.15, -0.1) is 0 Å². The number of nitro benzene ring substituents is 1. The summed E-state index contributed by atoms with van der Waals surface area (Å²) < 4.78 is 27.0. The molecule has 0 aromatic heterocycles. The SMILES string of the molecule is O=C(c1cc(F)cc([N+](=O)[O-])c1F)N1CC[C@H](O)C1. The Morgan fingerprint density at radius 3 is 2.68 bits per heavy atom. The lowest BCUT2D eigenvalue weighted by Crippen LogP contribution is -2.30. The average molecular weight is 272 g/mol. The number of aliphatic hydroxyl groups excluding tert-OH is 1. The van der Waals surface area contributed by atoms with Crippen molar-refractivity contribution in [3.8, 4) is 0 Å². The largest absolute Gasteiger partial charge is 0.391 e. The molecule has 102 valence electrons. The van der Waals surface area contributed by atoms with Gasteiger partial charge in [-0.05, 0) is 12.5 Å². The van der Waals surface area contributed by atoms with Gasteiger partial charge in [0.25, 0.3) is 5.91 Å². The van der Waals surface area contributed by atoms with Gasteiger partial charge in [-0.25, -0.2) is 4.39 Å². The third kappa shape index (κ3) is 2.53. The first-order valence-corrected chi connectivity index (χ1v) is 5.51. The topological polar surface area (TPSA) is 83.7 Å². The fourth-order valence-corrected chi connectivity index (χ4v) is 1.96. The molecule has 0 unspecified atom stereocenters. The van der Waals surface area contributed by atoms with Gasteiger partial charge in [0.15, 0.2) is 0 Å². The van der Waals surface area contributed by atoms with Gasteiger partial charge in [0, 0.05) is 13.1 Å². The molecule has 1 aromatic carbocycles. The number of carbonyl (C=O) groups is 1. The number of benzene rings is 1. The number of hydrogen-bond acceptors (Lipinski definition) is 4. The fraction of sp³-hybridized carbons (Fsp3) is 0.364. The molecule has 1 atom stereocenters. The lowest BCUT2D eigenvalue weighted by atomic mass is 10.1. The molecule has 8 heteroatoms. The molecule has 19 heavy (non-hydrogen) atoms. The van der Waals surface area contributed by atoms with E-state index in [9.17, 15) is 28.8 Å². The summed E-state index contributed by atoms with van der Waals surface area (Å²) in [5.74, 6) is -3.29. The summed E-state index contributed by atoms with van der Waals surface area (Å²) in [6.45, 7) is 0.201. The van der Waals surface area contributed by atoms with Gasteiger partial charge < -0.3 is 10.0 Å². The Bertz CT molecular complexity index is 550. The molecule has 2 rings (SSSR count). The molecule has 0 radical (unpaired) electrons. The summed E-state index contributed by atoms with van der Waals surface area (Å²) in [6, 6.07) is 1.04. The second-order valence-electron chi connectivity index (χ2n) is 4.24. The third-order valence-electron chi connectivity index (χ3n) is 2.90. The monoisotopic (exact) mass is 272 g/mol. The molecule has 0 bridgehead atoms. The second-order valence-corrected chi connectivity index (χ2v) is 4.24. The van der Waals surface area contributed by atoms with Crippen LogP contribution in [0.5, 0.6) is 0 Å². The zero-order valence-electron chi connectivity index (χ0n) is 9.68.